The lowest BCUT2D eigenvalue weighted by Gasteiger charge is -2.06. The van der Waals surface area contributed by atoms with Gasteiger partial charge in [0.25, 0.3) is 5.69 Å². The number of nitrogens with zero attached hydrogens (tertiary/aromatic N) is 2. The molecule has 6 nitrogen and oxygen atoms in total. The highest BCUT2D eigenvalue weighted by molar-refractivity contribution is 7.99. The van der Waals surface area contributed by atoms with Gasteiger partial charge in [-0.15, -0.1) is 0 Å². The van der Waals surface area contributed by atoms with Gasteiger partial charge in [0.15, 0.2) is 0 Å². The number of carbonyl (C=O) groups is 1. The van der Waals surface area contributed by atoms with Crippen molar-refractivity contribution in [3.63, 3.8) is 0 Å². The zero-order valence-corrected chi connectivity index (χ0v) is 11.4. The number of hydrogen-bond donors (Lipinski definition) is 1. The molecule has 0 radical (unpaired) electrons. The van der Waals surface area contributed by atoms with E-state index in [0.29, 0.717) is 14.9 Å². The Labute approximate surface area is 122 Å². The number of non-ortho nitro benzene ring substituents is 1. The van der Waals surface area contributed by atoms with E-state index in [1.165, 1.54) is 18.3 Å². The van der Waals surface area contributed by atoms with Crippen LogP contribution in [-0.2, 0) is 0 Å². The average Bonchev–Trinajstić information content (AvgIpc) is 2.41. The van der Waals surface area contributed by atoms with Crippen LogP contribution in [0.2, 0.25) is 5.02 Å². The van der Waals surface area contributed by atoms with Gasteiger partial charge in [0.1, 0.15) is 5.03 Å². The summed E-state index contributed by atoms with van der Waals surface area (Å²) in [5, 5.41) is 20.6. The highest BCUT2D eigenvalue weighted by Gasteiger charge is 2.17. The molecule has 1 aromatic carbocycles. The average molecular weight is 311 g/mol. The topological polar surface area (TPSA) is 93.3 Å². The Hall–Kier alpha value is -2.12. The molecule has 0 spiro atoms. The van der Waals surface area contributed by atoms with Gasteiger partial charge < -0.3 is 5.11 Å². The maximum atomic E-state index is 11.2. The molecular weight excluding hydrogens is 304 g/mol. The van der Waals surface area contributed by atoms with E-state index in [1.807, 2.05) is 0 Å². The van der Waals surface area contributed by atoms with Crippen LogP contribution in [0.4, 0.5) is 5.69 Å². The minimum atomic E-state index is -1.25. The molecule has 0 saturated heterocycles. The molecule has 0 atom stereocenters. The molecule has 2 aromatic rings. The summed E-state index contributed by atoms with van der Waals surface area (Å²) in [5.74, 6) is -1.25. The number of halogens is 1. The first-order valence-electron chi connectivity index (χ1n) is 5.29. The maximum Gasteiger partial charge on any atom is 0.337 e. The molecule has 2 rings (SSSR count). The van der Waals surface area contributed by atoms with E-state index in [-0.39, 0.29) is 11.3 Å². The monoisotopic (exact) mass is 310 g/mol. The lowest BCUT2D eigenvalue weighted by molar-refractivity contribution is -0.384. The highest BCUT2D eigenvalue weighted by Crippen LogP contribution is 2.34. The Morgan fingerprint density at radius 2 is 2.15 bits per heavy atom. The number of nitro groups is 1. The number of pyridine rings is 1. The van der Waals surface area contributed by atoms with Crippen LogP contribution >= 0.6 is 23.4 Å². The van der Waals surface area contributed by atoms with Crippen molar-refractivity contribution in [1.82, 2.24) is 4.98 Å². The van der Waals surface area contributed by atoms with Crippen LogP contribution in [0.5, 0.6) is 0 Å². The number of aromatic carboxylic acids is 1. The number of benzene rings is 1. The normalized spacial score (nSPS) is 10.2. The maximum absolute atomic E-state index is 11.2. The minimum absolute atomic E-state index is 0.161. The van der Waals surface area contributed by atoms with Gasteiger partial charge in [0, 0.05) is 23.2 Å². The van der Waals surface area contributed by atoms with Gasteiger partial charge in [-0.05, 0) is 18.2 Å². The molecule has 0 aliphatic carbocycles. The highest BCUT2D eigenvalue weighted by atomic mass is 35.5. The summed E-state index contributed by atoms with van der Waals surface area (Å²) in [6, 6.07) is 6.91. The van der Waals surface area contributed by atoms with E-state index >= 15 is 0 Å². The molecule has 0 amide bonds. The van der Waals surface area contributed by atoms with Gasteiger partial charge >= 0.3 is 5.97 Å². The van der Waals surface area contributed by atoms with E-state index in [0.717, 1.165) is 17.8 Å². The predicted octanol–water partition coefficient (Wildman–Crippen LogP) is 3.49. The molecule has 0 fully saturated rings. The predicted molar refractivity (Wildman–Crippen MR) is 73.4 cm³/mol. The van der Waals surface area contributed by atoms with Crippen LogP contribution < -0.4 is 0 Å². The van der Waals surface area contributed by atoms with E-state index in [4.69, 9.17) is 16.7 Å². The Bertz CT molecular complexity index is 693. The standard InChI is InChI=1S/C12H7ClN2O4S/c13-9-2-1-5-14-11(9)20-10-4-3-7(15(18)19)6-8(10)12(16)17/h1-6H,(H,16,17). The largest absolute Gasteiger partial charge is 0.478 e. The molecule has 1 heterocycles. The summed E-state index contributed by atoms with van der Waals surface area (Å²) in [6.07, 6.45) is 1.53. The molecule has 0 bridgehead atoms. The summed E-state index contributed by atoms with van der Waals surface area (Å²) in [7, 11) is 0. The van der Waals surface area contributed by atoms with Gasteiger partial charge in [-0.1, -0.05) is 23.4 Å². The number of rotatable bonds is 4. The molecular formula is C12H7ClN2O4S. The van der Waals surface area contributed by atoms with Gasteiger partial charge in [-0.2, -0.15) is 0 Å². The summed E-state index contributed by atoms with van der Waals surface area (Å²) < 4.78 is 0. The third kappa shape index (κ3) is 3.06. The number of aromatic nitrogens is 1. The number of nitro benzene ring substituents is 1. The fraction of sp³-hybridized carbons (Fsp3) is 0. The van der Waals surface area contributed by atoms with Crippen molar-refractivity contribution in [3.8, 4) is 0 Å². The lowest BCUT2D eigenvalue weighted by Crippen LogP contribution is -2.01. The first-order chi connectivity index (χ1) is 9.49. The zero-order chi connectivity index (χ0) is 14.7. The summed E-state index contributed by atoms with van der Waals surface area (Å²) in [4.78, 5) is 25.6. The van der Waals surface area contributed by atoms with E-state index in [9.17, 15) is 14.9 Å². The number of carboxylic acids is 1. The fourth-order valence-corrected chi connectivity index (χ4v) is 2.56. The van der Waals surface area contributed by atoms with Crippen molar-refractivity contribution >= 4 is 35.0 Å². The van der Waals surface area contributed by atoms with Gasteiger partial charge in [0.05, 0.1) is 15.5 Å². The first-order valence-corrected chi connectivity index (χ1v) is 6.48. The molecule has 1 aromatic heterocycles. The van der Waals surface area contributed by atoms with Crippen LogP contribution in [-0.4, -0.2) is 21.0 Å². The first kappa shape index (κ1) is 14.3. The third-order valence-corrected chi connectivity index (χ3v) is 3.85. The smallest absolute Gasteiger partial charge is 0.337 e. The second kappa shape index (κ2) is 5.89. The molecule has 0 aliphatic rings. The second-order valence-electron chi connectivity index (χ2n) is 3.64. The van der Waals surface area contributed by atoms with Crippen LogP contribution in [0.1, 0.15) is 10.4 Å². The molecule has 0 unspecified atom stereocenters. The molecule has 8 heteroatoms. The minimum Gasteiger partial charge on any atom is -0.478 e. The van der Waals surface area contributed by atoms with Crippen molar-refractivity contribution in [2.24, 2.45) is 0 Å². The van der Waals surface area contributed by atoms with Crippen molar-refractivity contribution in [2.75, 3.05) is 0 Å². The van der Waals surface area contributed by atoms with Gasteiger partial charge in [0.2, 0.25) is 0 Å². The summed E-state index contributed by atoms with van der Waals surface area (Å²) in [6.45, 7) is 0. The summed E-state index contributed by atoms with van der Waals surface area (Å²) >= 11 is 6.99. The third-order valence-electron chi connectivity index (χ3n) is 2.34. The fourth-order valence-electron chi connectivity index (χ4n) is 1.44. The molecule has 20 heavy (non-hydrogen) atoms. The van der Waals surface area contributed by atoms with E-state index in [1.54, 1.807) is 12.1 Å². The lowest BCUT2D eigenvalue weighted by atomic mass is 10.2. The molecule has 0 saturated carbocycles. The molecule has 102 valence electrons. The Morgan fingerprint density at radius 3 is 2.75 bits per heavy atom. The zero-order valence-electron chi connectivity index (χ0n) is 9.82. The van der Waals surface area contributed by atoms with Gasteiger partial charge in [-0.25, -0.2) is 9.78 Å². The number of carboxylic acid groups (broad SMARTS) is 1. The Morgan fingerprint density at radius 1 is 1.40 bits per heavy atom. The van der Waals surface area contributed by atoms with Crippen LogP contribution in [0, 0.1) is 10.1 Å². The van der Waals surface area contributed by atoms with Crippen molar-refractivity contribution in [1.29, 1.82) is 0 Å². The quantitative estimate of drug-likeness (QED) is 0.686. The van der Waals surface area contributed by atoms with Crippen LogP contribution in [0.25, 0.3) is 0 Å². The second-order valence-corrected chi connectivity index (χ2v) is 5.07. The molecule has 1 N–H and O–H groups in total. The number of hydrogen-bond acceptors (Lipinski definition) is 5. The van der Waals surface area contributed by atoms with Crippen LogP contribution in [0.15, 0.2) is 46.5 Å². The Balaban J connectivity index is 2.44. The van der Waals surface area contributed by atoms with Crippen LogP contribution in [0.3, 0.4) is 0 Å². The van der Waals surface area contributed by atoms with Crippen molar-refractivity contribution < 1.29 is 14.8 Å². The Kier molecular flexibility index (Phi) is 4.21. The van der Waals surface area contributed by atoms with Crippen molar-refractivity contribution in [2.45, 2.75) is 9.92 Å². The molecule has 0 aliphatic heterocycles. The van der Waals surface area contributed by atoms with Gasteiger partial charge in [-0.3, -0.25) is 10.1 Å². The summed E-state index contributed by atoms with van der Waals surface area (Å²) in [5.41, 5.74) is -0.440. The van der Waals surface area contributed by atoms with E-state index in [2.05, 4.69) is 4.98 Å². The van der Waals surface area contributed by atoms with Crippen molar-refractivity contribution in [3.05, 3.63) is 57.2 Å². The SMILES string of the molecule is O=C(O)c1cc([N+](=O)[O-])ccc1Sc1ncccc1Cl. The van der Waals surface area contributed by atoms with E-state index < -0.39 is 10.9 Å².